The summed E-state index contributed by atoms with van der Waals surface area (Å²) < 4.78 is 46.9. The summed E-state index contributed by atoms with van der Waals surface area (Å²) in [7, 11) is -3.35. The van der Waals surface area contributed by atoms with E-state index in [0.29, 0.717) is 34.1 Å². The smallest absolute Gasteiger partial charge is 0.351 e. The number of β-lactam (4-membered cyclic amide) rings is 1. The van der Waals surface area contributed by atoms with Crippen LogP contribution in [0.4, 0.5) is 16.8 Å². The second-order valence-corrected chi connectivity index (χ2v) is 13.5. The highest BCUT2D eigenvalue weighted by molar-refractivity contribution is 7.80. The maximum absolute atomic E-state index is 13.3. The lowest BCUT2D eigenvalue weighted by Gasteiger charge is -2.51. The first-order chi connectivity index (χ1) is 24.1. The van der Waals surface area contributed by atoms with Crippen molar-refractivity contribution < 1.29 is 51.0 Å². The fourth-order valence-corrected chi connectivity index (χ4v) is 5.95. The first-order valence-electron chi connectivity index (χ1n) is 15.1. The minimum atomic E-state index is -5.28. The van der Waals surface area contributed by atoms with Crippen LogP contribution in [0.15, 0.2) is 53.1 Å². The van der Waals surface area contributed by atoms with Crippen LogP contribution in [-0.2, 0) is 47.5 Å². The molecule has 20 nitrogen and oxygen atoms in total. The topological polar surface area (TPSA) is 283 Å². The summed E-state index contributed by atoms with van der Waals surface area (Å²) in [6, 6.07) is 9.14. The number of nitrogens with zero attached hydrogens (tertiary/aromatic N) is 6. The van der Waals surface area contributed by atoms with Gasteiger partial charge in [-0.2, -0.15) is 9.35 Å². The molecular weight excluding hydrogens is 713 g/mol. The molecule has 51 heavy (non-hydrogen) atoms. The molecular formula is C29H34N10O10S2. The van der Waals surface area contributed by atoms with Gasteiger partial charge in [-0.1, -0.05) is 5.16 Å². The number of fused-ring (bicyclic) bond motifs is 1. The minimum absolute atomic E-state index is 0.0454. The fraction of sp³-hybridized carbons (Fsp3) is 0.345. The number of pyridine rings is 1. The molecule has 0 spiro atoms. The third-order valence-corrected chi connectivity index (χ3v) is 8.70. The summed E-state index contributed by atoms with van der Waals surface area (Å²) in [4.78, 5) is 51.7. The lowest BCUT2D eigenvalue weighted by molar-refractivity contribution is -0.772. The van der Waals surface area contributed by atoms with Crippen molar-refractivity contribution in [2.45, 2.75) is 44.5 Å². The maximum Gasteiger partial charge on any atom is 0.351 e. The van der Waals surface area contributed by atoms with Crippen LogP contribution in [0.2, 0.25) is 0 Å². The molecule has 1 saturated heterocycles. The van der Waals surface area contributed by atoms with Crippen LogP contribution in [0.3, 0.4) is 0 Å². The molecule has 1 aromatic carbocycles. The number of carbonyl (C=O) groups is 3. The van der Waals surface area contributed by atoms with Crippen molar-refractivity contribution >= 4 is 72.9 Å². The Morgan fingerprint density at radius 2 is 2.00 bits per heavy atom. The minimum Gasteiger partial charge on any atom is -0.724 e. The van der Waals surface area contributed by atoms with Crippen molar-refractivity contribution in [2.24, 2.45) is 17.9 Å². The third kappa shape index (κ3) is 8.49. The SMILES string of the molecule is Cn1c(Nc2ccc3cc(OC[C@H](O/N=C(\C(=O)NC4C(=O)N(OS(=O)(=O)[O-])C4(C)C)c4csc(N)n4)C(=O)O)ccc3n2)cc[n+]1CCCN. The van der Waals surface area contributed by atoms with Gasteiger partial charge in [0.25, 0.3) is 17.9 Å². The predicted octanol–water partition coefficient (Wildman–Crippen LogP) is -0.258. The van der Waals surface area contributed by atoms with Gasteiger partial charge in [-0.15, -0.1) is 20.7 Å². The van der Waals surface area contributed by atoms with E-state index in [0.717, 1.165) is 30.1 Å². The molecule has 272 valence electrons. The zero-order valence-electron chi connectivity index (χ0n) is 27.4. The summed E-state index contributed by atoms with van der Waals surface area (Å²) >= 11 is 0.948. The summed E-state index contributed by atoms with van der Waals surface area (Å²) in [5.74, 6) is -1.82. The molecule has 0 aliphatic carbocycles. The van der Waals surface area contributed by atoms with Crippen LogP contribution in [0.25, 0.3) is 10.9 Å². The van der Waals surface area contributed by atoms with E-state index in [1.54, 1.807) is 24.3 Å². The molecule has 1 aliphatic rings. The first-order valence-corrected chi connectivity index (χ1v) is 17.3. The van der Waals surface area contributed by atoms with Gasteiger partial charge >= 0.3 is 5.97 Å². The number of aromatic nitrogens is 4. The second-order valence-electron chi connectivity index (χ2n) is 11.6. The van der Waals surface area contributed by atoms with Gasteiger partial charge in [-0.25, -0.2) is 23.2 Å². The number of oxime groups is 1. The van der Waals surface area contributed by atoms with E-state index in [1.165, 1.54) is 19.2 Å². The molecule has 3 aromatic heterocycles. The largest absolute Gasteiger partial charge is 0.724 e. The molecule has 7 N–H and O–H groups in total. The van der Waals surface area contributed by atoms with Crippen molar-refractivity contribution in [3.8, 4) is 5.75 Å². The number of nitrogens with two attached hydrogens (primary N) is 2. The van der Waals surface area contributed by atoms with Crippen LogP contribution in [0.1, 0.15) is 26.0 Å². The molecule has 2 atom stereocenters. The van der Waals surface area contributed by atoms with Gasteiger partial charge < -0.3 is 41.3 Å². The number of aliphatic carboxylic acids is 1. The highest BCUT2D eigenvalue weighted by Gasteiger charge is 2.57. The molecule has 1 unspecified atom stereocenters. The number of carboxylic acid groups (broad SMARTS) is 1. The average Bonchev–Trinajstić information content (AvgIpc) is 3.66. The van der Waals surface area contributed by atoms with Crippen molar-refractivity contribution in [1.29, 1.82) is 0 Å². The Morgan fingerprint density at radius 3 is 2.65 bits per heavy atom. The standard InChI is InChI=1S/C29H34N10O10S2/c1-29(2)24(26(41)39(29)49-51(44,45)46)35-25(40)23(19-15-50-28(31)33-19)36-48-20(27(42)43)14-47-17-6-7-18-16(13-17)5-8-21(32-18)34-22-9-12-38(37(22)3)11-4-10-30/h5-9,12-13,15,20,24H,4,10-11,14,30H2,1-3H3,(H5,31,33,35,40,42,43,44,45,46)/b36-23-/t20-,24?/m0/s1. The van der Waals surface area contributed by atoms with E-state index in [2.05, 4.69) is 30.0 Å². The maximum atomic E-state index is 13.3. The number of amides is 2. The zero-order chi connectivity index (χ0) is 37.1. The number of carbonyl (C=O) groups excluding carboxylic acids is 2. The molecule has 0 saturated carbocycles. The fourth-order valence-electron chi connectivity index (χ4n) is 4.95. The van der Waals surface area contributed by atoms with E-state index < -0.39 is 58.2 Å². The normalized spacial score (nSPS) is 16.4. The zero-order valence-corrected chi connectivity index (χ0v) is 29.0. The summed E-state index contributed by atoms with van der Waals surface area (Å²) in [5, 5.41) is 21.6. The summed E-state index contributed by atoms with van der Waals surface area (Å²) in [6.45, 7) is 3.50. The van der Waals surface area contributed by atoms with Crippen LogP contribution in [0.5, 0.6) is 5.75 Å². The van der Waals surface area contributed by atoms with E-state index in [9.17, 15) is 32.5 Å². The lowest BCUT2D eigenvalue weighted by Crippen LogP contribution is -2.76. The van der Waals surface area contributed by atoms with Gasteiger partial charge in [0.05, 0.1) is 24.2 Å². The monoisotopic (exact) mass is 746 g/mol. The van der Waals surface area contributed by atoms with E-state index in [-0.39, 0.29) is 10.8 Å². The number of aryl methyl sites for hydroxylation is 1. The molecule has 1 fully saturated rings. The lowest BCUT2D eigenvalue weighted by atomic mass is 9.84. The number of anilines is 3. The molecule has 5 rings (SSSR count). The van der Waals surface area contributed by atoms with Gasteiger partial charge in [0.1, 0.15) is 29.9 Å². The van der Waals surface area contributed by atoms with Crippen molar-refractivity contribution in [3.05, 3.63) is 53.7 Å². The third-order valence-electron chi connectivity index (χ3n) is 7.69. The van der Waals surface area contributed by atoms with Gasteiger partial charge in [-0.3, -0.25) is 9.59 Å². The van der Waals surface area contributed by atoms with Gasteiger partial charge in [0, 0.05) is 17.2 Å². The number of nitrogen functional groups attached to an aromatic ring is 1. The number of hydroxylamine groups is 2. The number of carboxylic acids is 1. The van der Waals surface area contributed by atoms with Crippen LogP contribution < -0.4 is 31.5 Å². The Labute approximate surface area is 294 Å². The van der Waals surface area contributed by atoms with Crippen molar-refractivity contribution in [3.63, 3.8) is 0 Å². The number of thiazole rings is 1. The number of ether oxygens (including phenoxy) is 1. The Balaban J connectivity index is 1.26. The molecule has 0 bridgehead atoms. The van der Waals surface area contributed by atoms with Crippen molar-refractivity contribution in [2.75, 3.05) is 24.2 Å². The van der Waals surface area contributed by atoms with Crippen LogP contribution >= 0.6 is 11.3 Å². The van der Waals surface area contributed by atoms with E-state index in [1.807, 2.05) is 34.7 Å². The van der Waals surface area contributed by atoms with E-state index >= 15 is 0 Å². The number of hydrogen-bond donors (Lipinski definition) is 5. The Kier molecular flexibility index (Phi) is 10.7. The molecule has 4 heterocycles. The Morgan fingerprint density at radius 1 is 1.24 bits per heavy atom. The van der Waals surface area contributed by atoms with Crippen LogP contribution in [0, 0.1) is 0 Å². The highest BCUT2D eigenvalue weighted by atomic mass is 32.3. The summed E-state index contributed by atoms with van der Waals surface area (Å²) in [5.41, 5.74) is 9.85. The number of nitrogens with one attached hydrogen (secondary N) is 2. The van der Waals surface area contributed by atoms with Gasteiger partial charge in [0.15, 0.2) is 29.4 Å². The summed E-state index contributed by atoms with van der Waals surface area (Å²) in [6.07, 6.45) is 1.08. The average molecular weight is 747 g/mol. The number of rotatable bonds is 16. The number of hydrogen-bond acceptors (Lipinski definition) is 16. The molecule has 2 amide bonds. The molecule has 22 heteroatoms. The van der Waals surface area contributed by atoms with Gasteiger partial charge in [-0.05, 0) is 50.7 Å². The van der Waals surface area contributed by atoms with Crippen molar-refractivity contribution in [1.82, 2.24) is 25.0 Å². The second kappa shape index (κ2) is 14.8. The van der Waals surface area contributed by atoms with Gasteiger partial charge in [0.2, 0.25) is 10.4 Å². The van der Waals surface area contributed by atoms with Crippen LogP contribution in [-0.4, -0.2) is 92.1 Å². The predicted molar refractivity (Wildman–Crippen MR) is 179 cm³/mol. The molecule has 4 aromatic rings. The Bertz CT molecular complexity index is 2100. The molecule has 0 radical (unpaired) electrons. The van der Waals surface area contributed by atoms with E-state index in [4.69, 9.17) is 21.0 Å². The molecule has 1 aliphatic heterocycles. The Hall–Kier alpha value is -5.42. The quantitative estimate of drug-likeness (QED) is 0.0247. The highest BCUT2D eigenvalue weighted by Crippen LogP contribution is 2.33. The number of benzene rings is 1. The first kappa shape index (κ1) is 36.9.